The molecule has 0 fully saturated rings. The number of aromatic nitrogens is 1. The predicted molar refractivity (Wildman–Crippen MR) is 81.8 cm³/mol. The Morgan fingerprint density at radius 1 is 1.29 bits per heavy atom. The van der Waals surface area contributed by atoms with Gasteiger partial charge >= 0.3 is 0 Å². The van der Waals surface area contributed by atoms with Crippen LogP contribution in [0.3, 0.4) is 0 Å². The average Bonchev–Trinajstić information content (AvgIpc) is 2.91. The van der Waals surface area contributed by atoms with E-state index in [1.165, 1.54) is 11.1 Å². The summed E-state index contributed by atoms with van der Waals surface area (Å²) >= 11 is 0. The van der Waals surface area contributed by atoms with Crippen molar-refractivity contribution < 1.29 is 9.47 Å². The van der Waals surface area contributed by atoms with Gasteiger partial charge in [-0.1, -0.05) is 6.92 Å². The molecular formula is C17H20N2O2. The Morgan fingerprint density at radius 2 is 2.14 bits per heavy atom. The lowest BCUT2D eigenvalue weighted by molar-refractivity contribution is 0.305. The summed E-state index contributed by atoms with van der Waals surface area (Å²) in [5, 5.41) is 3.41. The minimum Gasteiger partial charge on any atom is -0.493 e. The van der Waals surface area contributed by atoms with Crippen LogP contribution in [0.25, 0.3) is 0 Å². The molecule has 0 radical (unpaired) electrons. The van der Waals surface area contributed by atoms with Crippen molar-refractivity contribution in [3.05, 3.63) is 53.9 Å². The molecular weight excluding hydrogens is 264 g/mol. The minimum atomic E-state index is 0.302. The van der Waals surface area contributed by atoms with Crippen LogP contribution in [-0.4, -0.2) is 24.7 Å². The van der Waals surface area contributed by atoms with Crippen LogP contribution in [0.15, 0.2) is 42.7 Å². The highest BCUT2D eigenvalue weighted by Crippen LogP contribution is 2.35. The molecule has 21 heavy (non-hydrogen) atoms. The molecule has 0 spiro atoms. The fourth-order valence-corrected chi connectivity index (χ4v) is 2.53. The number of benzene rings is 1. The third-order valence-electron chi connectivity index (χ3n) is 3.63. The van der Waals surface area contributed by atoms with Gasteiger partial charge in [-0.05, 0) is 36.4 Å². The van der Waals surface area contributed by atoms with Crippen molar-refractivity contribution in [1.82, 2.24) is 10.3 Å². The number of nitrogens with one attached hydrogen (secondary N) is 1. The first kappa shape index (κ1) is 13.9. The molecule has 1 aliphatic rings. The van der Waals surface area contributed by atoms with Crippen LogP contribution >= 0.6 is 0 Å². The number of nitrogens with zero attached hydrogens (tertiary/aromatic N) is 1. The molecule has 1 unspecified atom stereocenters. The molecule has 110 valence electrons. The Balaban J connectivity index is 1.58. The number of rotatable bonds is 6. The first-order chi connectivity index (χ1) is 10.4. The molecule has 2 heterocycles. The lowest BCUT2D eigenvalue weighted by atomic mass is 10.1. The van der Waals surface area contributed by atoms with E-state index in [0.717, 1.165) is 24.5 Å². The summed E-state index contributed by atoms with van der Waals surface area (Å²) in [5.41, 5.74) is 2.45. The zero-order valence-corrected chi connectivity index (χ0v) is 12.2. The van der Waals surface area contributed by atoms with Gasteiger partial charge < -0.3 is 14.8 Å². The van der Waals surface area contributed by atoms with Crippen LogP contribution in [-0.2, 0) is 6.42 Å². The van der Waals surface area contributed by atoms with E-state index in [2.05, 4.69) is 23.3 Å². The summed E-state index contributed by atoms with van der Waals surface area (Å²) in [4.78, 5) is 4.01. The predicted octanol–water partition coefficient (Wildman–Crippen LogP) is 2.75. The van der Waals surface area contributed by atoms with E-state index < -0.39 is 0 Å². The maximum Gasteiger partial charge on any atom is 0.127 e. The topological polar surface area (TPSA) is 43.4 Å². The van der Waals surface area contributed by atoms with Gasteiger partial charge in [-0.15, -0.1) is 0 Å². The minimum absolute atomic E-state index is 0.302. The van der Waals surface area contributed by atoms with E-state index in [9.17, 15) is 0 Å². The standard InChI is InChI=1S/C17H20N2O2/c1-2-19-16-12-21-17-11-14(3-4-15(16)17)20-10-7-13-5-8-18-9-6-13/h3-6,8-9,11,16,19H,2,7,10,12H2,1H3. The molecule has 4 heteroatoms. The van der Waals surface area contributed by atoms with Crippen molar-refractivity contribution in [2.75, 3.05) is 19.8 Å². The second kappa shape index (κ2) is 6.59. The number of hydrogen-bond donors (Lipinski definition) is 1. The van der Waals surface area contributed by atoms with Gasteiger partial charge in [-0.3, -0.25) is 4.98 Å². The Kier molecular flexibility index (Phi) is 4.36. The molecule has 0 aliphatic carbocycles. The lowest BCUT2D eigenvalue weighted by Gasteiger charge is -2.10. The molecule has 0 bridgehead atoms. The zero-order chi connectivity index (χ0) is 14.5. The molecule has 1 aromatic heterocycles. The van der Waals surface area contributed by atoms with Gasteiger partial charge in [0.15, 0.2) is 0 Å². The smallest absolute Gasteiger partial charge is 0.127 e. The molecule has 0 saturated heterocycles. The van der Waals surface area contributed by atoms with Gasteiger partial charge in [0.05, 0.1) is 12.6 Å². The molecule has 3 rings (SSSR count). The normalized spacial score (nSPS) is 16.3. The molecule has 0 amide bonds. The Bertz CT molecular complexity index is 587. The maximum atomic E-state index is 5.81. The fourth-order valence-electron chi connectivity index (χ4n) is 2.53. The molecule has 1 atom stereocenters. The Morgan fingerprint density at radius 3 is 2.95 bits per heavy atom. The fraction of sp³-hybridized carbons (Fsp3) is 0.353. The average molecular weight is 284 g/mol. The molecule has 1 aromatic carbocycles. The Labute approximate surface area is 125 Å². The third-order valence-corrected chi connectivity index (χ3v) is 3.63. The molecule has 1 aliphatic heterocycles. The van der Waals surface area contributed by atoms with Gasteiger partial charge in [-0.2, -0.15) is 0 Å². The summed E-state index contributed by atoms with van der Waals surface area (Å²) in [5.74, 6) is 1.79. The van der Waals surface area contributed by atoms with Crippen molar-refractivity contribution in [1.29, 1.82) is 0 Å². The van der Waals surface area contributed by atoms with E-state index in [0.29, 0.717) is 19.3 Å². The highest BCUT2D eigenvalue weighted by Gasteiger charge is 2.23. The van der Waals surface area contributed by atoms with Gasteiger partial charge in [0.25, 0.3) is 0 Å². The van der Waals surface area contributed by atoms with Crippen LogP contribution in [0.5, 0.6) is 11.5 Å². The second-order valence-corrected chi connectivity index (χ2v) is 5.07. The molecule has 0 saturated carbocycles. The molecule has 2 aromatic rings. The molecule has 1 N–H and O–H groups in total. The van der Waals surface area contributed by atoms with Gasteiger partial charge in [-0.25, -0.2) is 0 Å². The van der Waals surface area contributed by atoms with Crippen molar-refractivity contribution in [3.8, 4) is 11.5 Å². The summed E-state index contributed by atoms with van der Waals surface area (Å²) in [7, 11) is 0. The number of likely N-dealkylation sites (N-methyl/N-ethyl adjacent to an activating group) is 1. The van der Waals surface area contributed by atoms with Crippen molar-refractivity contribution >= 4 is 0 Å². The summed E-state index contributed by atoms with van der Waals surface area (Å²) in [6.07, 6.45) is 4.49. The van der Waals surface area contributed by atoms with Crippen molar-refractivity contribution in [2.24, 2.45) is 0 Å². The van der Waals surface area contributed by atoms with Crippen LogP contribution in [0.2, 0.25) is 0 Å². The highest BCUT2D eigenvalue weighted by atomic mass is 16.5. The monoisotopic (exact) mass is 284 g/mol. The van der Waals surface area contributed by atoms with Gasteiger partial charge in [0.1, 0.15) is 18.1 Å². The van der Waals surface area contributed by atoms with Crippen molar-refractivity contribution in [2.45, 2.75) is 19.4 Å². The van der Waals surface area contributed by atoms with Crippen molar-refractivity contribution in [3.63, 3.8) is 0 Å². The van der Waals surface area contributed by atoms with E-state index in [1.807, 2.05) is 24.3 Å². The van der Waals surface area contributed by atoms with Gasteiger partial charge in [0.2, 0.25) is 0 Å². The quantitative estimate of drug-likeness (QED) is 0.886. The van der Waals surface area contributed by atoms with Crippen LogP contribution in [0.4, 0.5) is 0 Å². The summed E-state index contributed by atoms with van der Waals surface area (Å²) < 4.78 is 11.5. The highest BCUT2D eigenvalue weighted by molar-refractivity contribution is 5.45. The maximum absolute atomic E-state index is 5.81. The SMILES string of the molecule is CCNC1COc2cc(OCCc3ccncc3)ccc21. The van der Waals surface area contributed by atoms with E-state index in [4.69, 9.17) is 9.47 Å². The third kappa shape index (κ3) is 3.34. The number of fused-ring (bicyclic) bond motifs is 1. The second-order valence-electron chi connectivity index (χ2n) is 5.07. The lowest BCUT2D eigenvalue weighted by Crippen LogP contribution is -2.21. The number of pyridine rings is 1. The van der Waals surface area contributed by atoms with Crippen LogP contribution in [0, 0.1) is 0 Å². The number of ether oxygens (including phenoxy) is 2. The largest absolute Gasteiger partial charge is 0.493 e. The van der Waals surface area contributed by atoms with E-state index >= 15 is 0 Å². The first-order valence-corrected chi connectivity index (χ1v) is 7.38. The zero-order valence-electron chi connectivity index (χ0n) is 12.2. The molecule has 4 nitrogen and oxygen atoms in total. The van der Waals surface area contributed by atoms with Crippen LogP contribution < -0.4 is 14.8 Å². The summed E-state index contributed by atoms with van der Waals surface area (Å²) in [6.45, 7) is 4.40. The number of hydrogen-bond acceptors (Lipinski definition) is 4. The summed E-state index contributed by atoms with van der Waals surface area (Å²) in [6, 6.07) is 10.4. The van der Waals surface area contributed by atoms with Crippen LogP contribution in [0.1, 0.15) is 24.1 Å². The van der Waals surface area contributed by atoms with E-state index in [-0.39, 0.29) is 0 Å². The Hall–Kier alpha value is -2.07. The first-order valence-electron chi connectivity index (χ1n) is 7.38. The van der Waals surface area contributed by atoms with E-state index in [1.54, 1.807) is 12.4 Å². The van der Waals surface area contributed by atoms with Gasteiger partial charge in [0, 0.05) is 30.4 Å².